The Morgan fingerprint density at radius 2 is 2.25 bits per heavy atom. The monoisotopic (exact) mass is 272 g/mol. The number of rotatable bonds is 3. The molecule has 1 aromatic carbocycles. The van der Waals surface area contributed by atoms with Crippen LogP contribution in [0, 0.1) is 0 Å². The number of aromatic nitrogens is 3. The van der Waals surface area contributed by atoms with Gasteiger partial charge in [0.05, 0.1) is 6.04 Å². The van der Waals surface area contributed by atoms with Crippen molar-refractivity contribution in [1.29, 1.82) is 0 Å². The van der Waals surface area contributed by atoms with Crippen molar-refractivity contribution in [2.24, 2.45) is 0 Å². The molecule has 0 aliphatic carbocycles. The lowest BCUT2D eigenvalue weighted by atomic mass is 10.2. The third-order valence-electron chi connectivity index (χ3n) is 3.44. The third-order valence-corrected chi connectivity index (χ3v) is 3.44. The van der Waals surface area contributed by atoms with E-state index >= 15 is 0 Å². The second-order valence-corrected chi connectivity index (χ2v) is 4.76. The molecule has 0 spiro atoms. The zero-order valence-corrected chi connectivity index (χ0v) is 11.0. The molecule has 1 saturated heterocycles. The van der Waals surface area contributed by atoms with Crippen molar-refractivity contribution in [1.82, 2.24) is 20.1 Å². The summed E-state index contributed by atoms with van der Waals surface area (Å²) in [7, 11) is 0. The number of benzene rings is 1. The number of hydrogen-bond acceptors (Lipinski definition) is 4. The number of carbonyl (C=O) groups is 1. The first-order chi connectivity index (χ1) is 9.84. The molecule has 1 aromatic heterocycles. The van der Waals surface area contributed by atoms with Crippen LogP contribution < -0.4 is 0 Å². The molecule has 2 aromatic rings. The molecule has 2 heterocycles. The molecule has 0 saturated carbocycles. The van der Waals surface area contributed by atoms with E-state index in [-0.39, 0.29) is 12.1 Å². The number of carbonyl (C=O) groups excluding carboxylic acids is 1. The van der Waals surface area contributed by atoms with Gasteiger partial charge in [-0.05, 0) is 18.4 Å². The second-order valence-electron chi connectivity index (χ2n) is 4.76. The highest BCUT2D eigenvalue weighted by Gasteiger charge is 2.32. The molecular weight excluding hydrogens is 256 g/mol. The predicted octanol–water partition coefficient (Wildman–Crippen LogP) is 2.28. The van der Waals surface area contributed by atoms with Crippen LogP contribution in [0.15, 0.2) is 36.7 Å². The van der Waals surface area contributed by atoms with E-state index in [9.17, 15) is 4.79 Å². The topological polar surface area (TPSA) is 71.1 Å². The number of amides is 1. The molecule has 3 rings (SSSR count). The summed E-state index contributed by atoms with van der Waals surface area (Å²) in [6.07, 6.45) is 3.00. The molecule has 0 radical (unpaired) electrons. The summed E-state index contributed by atoms with van der Waals surface area (Å²) in [4.78, 5) is 18.0. The Labute approximate surface area is 116 Å². The van der Waals surface area contributed by atoms with E-state index in [4.69, 9.17) is 4.74 Å². The Morgan fingerprint density at radius 3 is 3.00 bits per heavy atom. The van der Waals surface area contributed by atoms with Gasteiger partial charge in [-0.2, -0.15) is 5.10 Å². The van der Waals surface area contributed by atoms with E-state index < -0.39 is 0 Å². The summed E-state index contributed by atoms with van der Waals surface area (Å²) < 4.78 is 5.37. The summed E-state index contributed by atoms with van der Waals surface area (Å²) in [6.45, 7) is 0.984. The maximum Gasteiger partial charge on any atom is 0.410 e. The number of nitrogens with zero attached hydrogens (tertiary/aromatic N) is 3. The molecule has 1 amide bonds. The molecule has 0 bridgehead atoms. The fourth-order valence-electron chi connectivity index (χ4n) is 2.45. The first-order valence-corrected chi connectivity index (χ1v) is 6.67. The second kappa shape index (κ2) is 5.73. The molecule has 6 heteroatoms. The standard InChI is InChI=1S/C14H16N4O2/c19-14(20-9-11-5-2-1-3-6-11)18-8-4-7-12(18)13-15-10-16-17-13/h1-3,5-6,10,12H,4,7-9H2,(H,15,16,17)/t12-/m1/s1. The van der Waals surface area contributed by atoms with E-state index in [0.717, 1.165) is 24.2 Å². The maximum atomic E-state index is 12.2. The molecule has 1 fully saturated rings. The average molecular weight is 272 g/mol. The Balaban J connectivity index is 1.62. The lowest BCUT2D eigenvalue weighted by Gasteiger charge is -2.22. The van der Waals surface area contributed by atoms with Gasteiger partial charge in [-0.25, -0.2) is 9.78 Å². The fraction of sp³-hybridized carbons (Fsp3) is 0.357. The van der Waals surface area contributed by atoms with Crippen LogP contribution in [-0.4, -0.2) is 32.7 Å². The summed E-state index contributed by atoms with van der Waals surface area (Å²) in [6, 6.07) is 9.61. The van der Waals surface area contributed by atoms with Crippen molar-refractivity contribution in [3.63, 3.8) is 0 Å². The van der Waals surface area contributed by atoms with Gasteiger partial charge in [0.25, 0.3) is 0 Å². The van der Waals surface area contributed by atoms with Crippen molar-refractivity contribution in [2.45, 2.75) is 25.5 Å². The van der Waals surface area contributed by atoms with Crippen molar-refractivity contribution < 1.29 is 9.53 Å². The molecule has 20 heavy (non-hydrogen) atoms. The molecule has 0 unspecified atom stereocenters. The predicted molar refractivity (Wildman–Crippen MR) is 71.7 cm³/mol. The number of aromatic amines is 1. The minimum absolute atomic E-state index is 0.0548. The third kappa shape index (κ3) is 2.64. The smallest absolute Gasteiger partial charge is 0.410 e. The average Bonchev–Trinajstić information content (AvgIpc) is 3.15. The number of likely N-dealkylation sites (tertiary alicyclic amines) is 1. The van der Waals surface area contributed by atoms with Gasteiger partial charge in [0.2, 0.25) is 0 Å². The van der Waals surface area contributed by atoms with E-state index in [0.29, 0.717) is 13.2 Å². The SMILES string of the molecule is O=C(OCc1ccccc1)N1CCC[C@@H]1c1ncn[nH]1. The van der Waals surface area contributed by atoms with Crippen LogP contribution in [-0.2, 0) is 11.3 Å². The zero-order chi connectivity index (χ0) is 13.8. The highest BCUT2D eigenvalue weighted by atomic mass is 16.6. The van der Waals surface area contributed by atoms with Gasteiger partial charge in [0.1, 0.15) is 18.8 Å². The summed E-state index contributed by atoms with van der Waals surface area (Å²) in [5.41, 5.74) is 0.983. The first kappa shape index (κ1) is 12.7. The zero-order valence-electron chi connectivity index (χ0n) is 11.0. The molecule has 6 nitrogen and oxygen atoms in total. The van der Waals surface area contributed by atoms with Crippen molar-refractivity contribution >= 4 is 6.09 Å². The Bertz CT molecular complexity index is 556. The molecule has 1 atom stereocenters. The quantitative estimate of drug-likeness (QED) is 0.930. The van der Waals surface area contributed by atoms with Gasteiger partial charge in [-0.1, -0.05) is 30.3 Å². The van der Waals surface area contributed by atoms with Gasteiger partial charge in [-0.3, -0.25) is 10.00 Å². The minimum atomic E-state index is -0.298. The highest BCUT2D eigenvalue weighted by molar-refractivity contribution is 5.68. The largest absolute Gasteiger partial charge is 0.445 e. The van der Waals surface area contributed by atoms with Gasteiger partial charge in [-0.15, -0.1) is 0 Å². The Hall–Kier alpha value is -2.37. The van der Waals surface area contributed by atoms with Crippen LogP contribution in [0.4, 0.5) is 4.79 Å². The first-order valence-electron chi connectivity index (χ1n) is 6.67. The summed E-state index contributed by atoms with van der Waals surface area (Å²) in [5.74, 6) is 0.721. The molecular formula is C14H16N4O2. The van der Waals surface area contributed by atoms with E-state index in [1.165, 1.54) is 6.33 Å². The van der Waals surface area contributed by atoms with E-state index in [2.05, 4.69) is 15.2 Å². The highest BCUT2D eigenvalue weighted by Crippen LogP contribution is 2.30. The van der Waals surface area contributed by atoms with Gasteiger partial charge >= 0.3 is 6.09 Å². The number of ether oxygens (including phenoxy) is 1. The summed E-state index contributed by atoms with van der Waals surface area (Å²) in [5, 5.41) is 6.67. The molecule has 1 N–H and O–H groups in total. The fourth-order valence-corrected chi connectivity index (χ4v) is 2.45. The Morgan fingerprint density at radius 1 is 1.40 bits per heavy atom. The molecule has 104 valence electrons. The lowest BCUT2D eigenvalue weighted by molar-refractivity contribution is 0.0909. The van der Waals surface area contributed by atoms with Crippen LogP contribution >= 0.6 is 0 Å². The van der Waals surface area contributed by atoms with Crippen molar-refractivity contribution in [3.8, 4) is 0 Å². The number of H-pyrrole nitrogens is 1. The van der Waals surface area contributed by atoms with Crippen molar-refractivity contribution in [2.75, 3.05) is 6.54 Å². The molecule has 1 aliphatic heterocycles. The van der Waals surface area contributed by atoms with E-state index in [1.807, 2.05) is 30.3 Å². The molecule has 1 aliphatic rings. The Kier molecular flexibility index (Phi) is 3.62. The van der Waals surface area contributed by atoms with Crippen LogP contribution in [0.2, 0.25) is 0 Å². The van der Waals surface area contributed by atoms with Crippen LogP contribution in [0.25, 0.3) is 0 Å². The van der Waals surface area contributed by atoms with E-state index in [1.54, 1.807) is 4.90 Å². The van der Waals surface area contributed by atoms with Crippen LogP contribution in [0.3, 0.4) is 0 Å². The van der Waals surface area contributed by atoms with Crippen molar-refractivity contribution in [3.05, 3.63) is 48.0 Å². The van der Waals surface area contributed by atoms with Gasteiger partial charge in [0, 0.05) is 6.54 Å². The van der Waals surface area contributed by atoms with Crippen LogP contribution in [0.1, 0.15) is 30.3 Å². The maximum absolute atomic E-state index is 12.2. The minimum Gasteiger partial charge on any atom is -0.445 e. The van der Waals surface area contributed by atoms with Gasteiger partial charge in [0.15, 0.2) is 0 Å². The normalized spacial score (nSPS) is 18.2. The van der Waals surface area contributed by atoms with Gasteiger partial charge < -0.3 is 4.74 Å². The number of hydrogen-bond donors (Lipinski definition) is 1. The summed E-state index contributed by atoms with van der Waals surface area (Å²) >= 11 is 0. The lowest BCUT2D eigenvalue weighted by Crippen LogP contribution is -2.31. The number of nitrogens with one attached hydrogen (secondary N) is 1. The van der Waals surface area contributed by atoms with Crippen LogP contribution in [0.5, 0.6) is 0 Å².